The highest BCUT2D eigenvalue weighted by molar-refractivity contribution is 7.87. The van der Waals surface area contributed by atoms with Crippen LogP contribution in [0.3, 0.4) is 0 Å². The van der Waals surface area contributed by atoms with Gasteiger partial charge in [0.05, 0.1) is 18.2 Å². The molecule has 256 valence electrons. The Labute approximate surface area is 281 Å². The Hall–Kier alpha value is -3.94. The van der Waals surface area contributed by atoms with E-state index in [0.29, 0.717) is 50.6 Å². The molecule has 1 aromatic heterocycles. The molecule has 2 aliphatic heterocycles. The minimum absolute atomic E-state index is 0.361. The maximum Gasteiger partial charge on any atom is 0.311 e. The number of piperazine rings is 1. The molecule has 2 aromatic rings. The minimum Gasteiger partial charge on any atom is -0.496 e. The summed E-state index contributed by atoms with van der Waals surface area (Å²) in [5.41, 5.74) is 5.95. The minimum atomic E-state index is -4.02. The van der Waals surface area contributed by atoms with E-state index in [1.807, 2.05) is 25.3 Å². The fraction of sp³-hybridized carbons (Fsp3) is 0.514. The predicted octanol–water partition coefficient (Wildman–Crippen LogP) is 2.54. The largest absolute Gasteiger partial charge is 0.496 e. The van der Waals surface area contributed by atoms with Crippen molar-refractivity contribution in [2.45, 2.75) is 62.9 Å². The molecule has 5 aliphatic rings. The van der Waals surface area contributed by atoms with Gasteiger partial charge in [0.25, 0.3) is 5.91 Å². The van der Waals surface area contributed by atoms with Crippen LogP contribution in [0.5, 0.6) is 5.75 Å². The van der Waals surface area contributed by atoms with Crippen molar-refractivity contribution >= 4 is 38.8 Å². The summed E-state index contributed by atoms with van der Waals surface area (Å²) in [5.74, 6) is -1.12. The number of carbonyl (C=O) groups is 3. The van der Waals surface area contributed by atoms with Crippen molar-refractivity contribution in [3.05, 3.63) is 63.9 Å². The highest BCUT2D eigenvalue weighted by Gasteiger charge is 2.47. The van der Waals surface area contributed by atoms with Crippen LogP contribution in [-0.4, -0.2) is 105 Å². The molecular formula is C35H44N6O6S. The Morgan fingerprint density at radius 2 is 1.75 bits per heavy atom. The third-order valence-corrected chi connectivity index (χ3v) is 12.1. The summed E-state index contributed by atoms with van der Waals surface area (Å²) in [6.07, 6.45) is 10.2. The van der Waals surface area contributed by atoms with E-state index in [1.54, 1.807) is 12.0 Å². The Morgan fingerprint density at radius 3 is 2.44 bits per heavy atom. The quantitative estimate of drug-likeness (QED) is 0.450. The molecule has 2 fully saturated rings. The number of aromatic nitrogens is 1. The van der Waals surface area contributed by atoms with E-state index in [-0.39, 0.29) is 5.92 Å². The van der Waals surface area contributed by atoms with Gasteiger partial charge in [-0.2, -0.15) is 12.7 Å². The van der Waals surface area contributed by atoms with Crippen molar-refractivity contribution in [2.24, 2.45) is 0 Å². The first-order chi connectivity index (χ1) is 23.0. The van der Waals surface area contributed by atoms with Gasteiger partial charge < -0.3 is 24.4 Å². The molecule has 3 heterocycles. The zero-order chi connectivity index (χ0) is 33.9. The molecule has 48 heavy (non-hydrogen) atoms. The van der Waals surface area contributed by atoms with E-state index < -0.39 is 34.0 Å². The lowest BCUT2D eigenvalue weighted by atomic mass is 9.81. The number of allylic oxidation sites excluding steroid dienone is 2. The van der Waals surface area contributed by atoms with Gasteiger partial charge in [-0.05, 0) is 66.6 Å². The van der Waals surface area contributed by atoms with Gasteiger partial charge in [-0.1, -0.05) is 37.5 Å². The molecule has 0 radical (unpaired) electrons. The normalized spacial score (nSPS) is 23.1. The summed E-state index contributed by atoms with van der Waals surface area (Å²) in [6, 6.07) is 5.87. The lowest BCUT2D eigenvalue weighted by Gasteiger charge is -2.34. The van der Waals surface area contributed by atoms with Gasteiger partial charge in [0.15, 0.2) is 0 Å². The van der Waals surface area contributed by atoms with Crippen molar-refractivity contribution < 1.29 is 27.5 Å². The number of methoxy groups -OCH3 is 1. The fourth-order valence-electron chi connectivity index (χ4n) is 8.05. The van der Waals surface area contributed by atoms with Crippen LogP contribution in [0.2, 0.25) is 0 Å². The SMILES string of the molecule is COc1ccc(C2CCCCC2)c2c1cc1n2CC2=C(C(=O)NS(=O)(=O)N(C)C)C2=C2C=CC[C@@H](NC(=O)C(=O)N3CCN(C)CC3)C21. The first kappa shape index (κ1) is 32.6. The molecule has 2 atom stereocenters. The molecule has 2 N–H and O–H groups in total. The van der Waals surface area contributed by atoms with Gasteiger partial charge in [-0.3, -0.25) is 14.4 Å². The molecule has 1 saturated carbocycles. The molecule has 3 amide bonds. The van der Waals surface area contributed by atoms with Crippen LogP contribution in [0, 0.1) is 0 Å². The second-order valence-corrected chi connectivity index (χ2v) is 15.7. The van der Waals surface area contributed by atoms with Crippen molar-refractivity contribution in [3.8, 4) is 5.75 Å². The van der Waals surface area contributed by atoms with Crippen LogP contribution >= 0.6 is 0 Å². The maximum absolute atomic E-state index is 13.6. The standard InChI is InChI=1S/C35H44N6O6S/c1-38(2)48(45,46)37-33(42)31-25-20-41-27(19-24-28(47-4)14-13-22(32(24)41)21-9-6-5-7-10-21)30-23(29(25)31)11-8-12-26(30)36-34(43)35(44)40-17-15-39(3)16-18-40/h8,11,13-14,19,21,26,30H,5-7,9-10,12,15-18,20H2,1-4H3,(H,36,43)(H,37,42)/t26-,30?/m1/s1. The van der Waals surface area contributed by atoms with Gasteiger partial charge in [0.1, 0.15) is 5.75 Å². The fourth-order valence-corrected chi connectivity index (χ4v) is 8.57. The molecule has 0 bridgehead atoms. The lowest BCUT2D eigenvalue weighted by molar-refractivity contribution is -0.147. The number of ether oxygens (including phenoxy) is 1. The summed E-state index contributed by atoms with van der Waals surface area (Å²) in [7, 11) is 2.38. The second kappa shape index (κ2) is 12.5. The first-order valence-electron chi connectivity index (χ1n) is 16.9. The predicted molar refractivity (Wildman–Crippen MR) is 182 cm³/mol. The Balaban J connectivity index is 1.34. The zero-order valence-electron chi connectivity index (χ0n) is 28.0. The van der Waals surface area contributed by atoms with Gasteiger partial charge in [-0.15, -0.1) is 0 Å². The smallest absolute Gasteiger partial charge is 0.311 e. The average molecular weight is 677 g/mol. The average Bonchev–Trinajstić information content (AvgIpc) is 3.71. The summed E-state index contributed by atoms with van der Waals surface area (Å²) in [4.78, 5) is 44.2. The number of hydrogen-bond donors (Lipinski definition) is 2. The third-order valence-electron chi connectivity index (χ3n) is 10.7. The number of fused-ring (bicyclic) bond motifs is 6. The van der Waals surface area contributed by atoms with Crippen molar-refractivity contribution in [1.82, 2.24) is 28.7 Å². The van der Waals surface area contributed by atoms with Crippen molar-refractivity contribution in [1.29, 1.82) is 0 Å². The molecule has 7 rings (SSSR count). The second-order valence-electron chi connectivity index (χ2n) is 13.8. The molecule has 3 aliphatic carbocycles. The number of carbonyl (C=O) groups excluding carboxylic acids is 3. The molecule has 1 aromatic carbocycles. The Bertz CT molecular complexity index is 1890. The van der Waals surface area contributed by atoms with E-state index in [4.69, 9.17) is 4.74 Å². The summed E-state index contributed by atoms with van der Waals surface area (Å²) in [5, 5.41) is 4.05. The number of amides is 3. The molecule has 1 saturated heterocycles. The van der Waals surface area contributed by atoms with E-state index >= 15 is 0 Å². The lowest BCUT2D eigenvalue weighted by Crippen LogP contribution is -2.53. The van der Waals surface area contributed by atoms with Gasteiger partial charge in [0, 0.05) is 69.9 Å². The number of nitrogens with zero attached hydrogens (tertiary/aromatic N) is 4. The van der Waals surface area contributed by atoms with E-state index in [1.165, 1.54) is 38.9 Å². The molecule has 1 unspecified atom stereocenters. The number of nitrogens with one attached hydrogen (secondary N) is 2. The van der Waals surface area contributed by atoms with Crippen LogP contribution in [0.1, 0.15) is 61.6 Å². The molecule has 12 nitrogen and oxygen atoms in total. The van der Waals surface area contributed by atoms with Crippen molar-refractivity contribution in [3.63, 3.8) is 0 Å². The number of likely N-dealkylation sites (N-methyl/N-ethyl adjacent to an activating group) is 1. The molecule has 13 heteroatoms. The topological polar surface area (TPSA) is 133 Å². The first-order valence-corrected chi connectivity index (χ1v) is 18.3. The number of hydrogen-bond acceptors (Lipinski definition) is 7. The van der Waals surface area contributed by atoms with Gasteiger partial charge >= 0.3 is 22.0 Å². The monoisotopic (exact) mass is 676 g/mol. The third kappa shape index (κ3) is 5.65. The van der Waals surface area contributed by atoms with E-state index in [2.05, 4.69) is 31.6 Å². The number of benzene rings is 1. The summed E-state index contributed by atoms with van der Waals surface area (Å²) >= 11 is 0. The van der Waals surface area contributed by atoms with E-state index in [9.17, 15) is 22.8 Å². The van der Waals surface area contributed by atoms with Crippen LogP contribution in [0.25, 0.3) is 10.9 Å². The van der Waals surface area contributed by atoms with Crippen LogP contribution in [-0.2, 0) is 31.1 Å². The molecule has 0 spiro atoms. The Kier molecular flexibility index (Phi) is 8.49. The van der Waals surface area contributed by atoms with Crippen LogP contribution in [0.4, 0.5) is 0 Å². The summed E-state index contributed by atoms with van der Waals surface area (Å²) in [6.45, 7) is 2.77. The van der Waals surface area contributed by atoms with E-state index in [0.717, 1.165) is 56.2 Å². The zero-order valence-corrected chi connectivity index (χ0v) is 28.9. The molecular weight excluding hydrogens is 632 g/mol. The van der Waals surface area contributed by atoms with Crippen LogP contribution in [0.15, 0.2) is 52.6 Å². The highest BCUT2D eigenvalue weighted by atomic mass is 32.2. The van der Waals surface area contributed by atoms with Crippen molar-refractivity contribution in [2.75, 3.05) is 54.4 Å². The van der Waals surface area contributed by atoms with Crippen LogP contribution < -0.4 is 14.8 Å². The van der Waals surface area contributed by atoms with Gasteiger partial charge in [-0.25, -0.2) is 4.72 Å². The highest BCUT2D eigenvalue weighted by Crippen LogP contribution is 2.54. The summed E-state index contributed by atoms with van der Waals surface area (Å²) < 4.78 is 36.7. The Morgan fingerprint density at radius 1 is 1.02 bits per heavy atom. The van der Waals surface area contributed by atoms with Gasteiger partial charge in [0.2, 0.25) is 0 Å². The maximum atomic E-state index is 13.6. The number of rotatable bonds is 6.